The average molecular weight is 249 g/mol. The molecule has 1 N–H and O–H groups in total. The topological polar surface area (TPSA) is 21.3 Å². The molecule has 1 aromatic rings. The summed E-state index contributed by atoms with van der Waals surface area (Å²) in [7, 11) is 1.73. The Morgan fingerprint density at radius 3 is 2.67 bits per heavy atom. The van der Waals surface area contributed by atoms with Gasteiger partial charge in [-0.15, -0.1) is 0 Å². The number of hydrogen-bond donors (Lipinski definition) is 1. The fourth-order valence-corrected chi connectivity index (χ4v) is 2.54. The predicted molar refractivity (Wildman–Crippen MR) is 78.3 cm³/mol. The summed E-state index contributed by atoms with van der Waals surface area (Å²) in [4.78, 5) is 0. The zero-order valence-corrected chi connectivity index (χ0v) is 12.3. The molecular formula is C16H27NO. The summed E-state index contributed by atoms with van der Waals surface area (Å²) in [5, 5.41) is 3.49. The Morgan fingerprint density at radius 2 is 2.06 bits per heavy atom. The minimum Gasteiger partial charge on any atom is -0.497 e. The van der Waals surface area contributed by atoms with E-state index in [1.54, 1.807) is 7.11 Å². The van der Waals surface area contributed by atoms with Crippen molar-refractivity contribution in [3.63, 3.8) is 0 Å². The Bertz CT molecular complexity index is 351. The van der Waals surface area contributed by atoms with Crippen LogP contribution in [0.3, 0.4) is 0 Å². The van der Waals surface area contributed by atoms with Crippen molar-refractivity contribution in [2.75, 3.05) is 20.2 Å². The quantitative estimate of drug-likeness (QED) is 0.759. The van der Waals surface area contributed by atoms with Crippen molar-refractivity contribution in [2.24, 2.45) is 5.41 Å². The van der Waals surface area contributed by atoms with Crippen molar-refractivity contribution in [3.05, 3.63) is 29.8 Å². The van der Waals surface area contributed by atoms with Crippen LogP contribution < -0.4 is 10.1 Å². The maximum Gasteiger partial charge on any atom is 0.119 e. The highest BCUT2D eigenvalue weighted by Gasteiger charge is 2.23. The van der Waals surface area contributed by atoms with Crippen molar-refractivity contribution >= 4 is 0 Å². The molecule has 0 aromatic heterocycles. The molecule has 2 heteroatoms. The highest BCUT2D eigenvalue weighted by Crippen LogP contribution is 2.28. The molecular weight excluding hydrogens is 222 g/mol. The molecule has 0 radical (unpaired) electrons. The summed E-state index contributed by atoms with van der Waals surface area (Å²) in [6, 6.07) is 8.43. The summed E-state index contributed by atoms with van der Waals surface area (Å²) < 4.78 is 5.29. The van der Waals surface area contributed by atoms with Gasteiger partial charge in [-0.05, 0) is 42.5 Å². The van der Waals surface area contributed by atoms with Gasteiger partial charge in [0.15, 0.2) is 0 Å². The lowest BCUT2D eigenvalue weighted by atomic mass is 9.79. The van der Waals surface area contributed by atoms with Crippen LogP contribution >= 0.6 is 0 Å². The molecule has 1 unspecified atom stereocenters. The smallest absolute Gasteiger partial charge is 0.119 e. The van der Waals surface area contributed by atoms with E-state index in [1.165, 1.54) is 18.4 Å². The van der Waals surface area contributed by atoms with Crippen molar-refractivity contribution in [1.29, 1.82) is 0 Å². The van der Waals surface area contributed by atoms with E-state index in [0.717, 1.165) is 25.3 Å². The molecule has 0 saturated heterocycles. The molecule has 0 bridgehead atoms. The Kier molecular flexibility index (Phi) is 6.20. The summed E-state index contributed by atoms with van der Waals surface area (Å²) >= 11 is 0. The van der Waals surface area contributed by atoms with Gasteiger partial charge in [0, 0.05) is 6.54 Å². The Morgan fingerprint density at radius 1 is 1.28 bits per heavy atom. The maximum absolute atomic E-state index is 5.29. The molecule has 0 spiro atoms. The van der Waals surface area contributed by atoms with Crippen LogP contribution in [0.1, 0.15) is 39.2 Å². The number of rotatable bonds is 8. The standard InChI is InChI=1S/C16H27NO/c1-5-10-16(3,13-17-6-2)12-14-8-7-9-15(11-14)18-4/h7-9,11,17H,5-6,10,12-13H2,1-4H3. The highest BCUT2D eigenvalue weighted by atomic mass is 16.5. The first-order valence-corrected chi connectivity index (χ1v) is 6.97. The fraction of sp³-hybridized carbons (Fsp3) is 0.625. The van der Waals surface area contributed by atoms with Crippen molar-refractivity contribution < 1.29 is 4.74 Å². The lowest BCUT2D eigenvalue weighted by molar-refractivity contribution is 0.277. The minimum atomic E-state index is 0.330. The van der Waals surface area contributed by atoms with Crippen LogP contribution in [0.5, 0.6) is 5.75 Å². The Balaban J connectivity index is 2.74. The molecule has 2 nitrogen and oxygen atoms in total. The normalized spacial score (nSPS) is 14.2. The second-order valence-corrected chi connectivity index (χ2v) is 5.37. The molecule has 0 amide bonds. The summed E-state index contributed by atoms with van der Waals surface area (Å²) in [5.41, 5.74) is 1.69. The van der Waals surface area contributed by atoms with Gasteiger partial charge in [-0.1, -0.05) is 39.3 Å². The number of benzene rings is 1. The van der Waals surface area contributed by atoms with E-state index >= 15 is 0 Å². The molecule has 0 aliphatic heterocycles. The summed E-state index contributed by atoms with van der Waals surface area (Å²) in [6.45, 7) is 8.91. The van der Waals surface area contributed by atoms with Crippen molar-refractivity contribution in [3.8, 4) is 5.75 Å². The molecule has 18 heavy (non-hydrogen) atoms. The monoisotopic (exact) mass is 249 g/mol. The minimum absolute atomic E-state index is 0.330. The number of nitrogens with one attached hydrogen (secondary N) is 1. The van der Waals surface area contributed by atoms with Crippen LogP contribution in [0.2, 0.25) is 0 Å². The predicted octanol–water partition coefficient (Wildman–Crippen LogP) is 3.65. The first-order valence-electron chi connectivity index (χ1n) is 6.97. The molecule has 0 aliphatic rings. The van der Waals surface area contributed by atoms with E-state index in [2.05, 4.69) is 44.3 Å². The second-order valence-electron chi connectivity index (χ2n) is 5.37. The Labute approximate surface area is 112 Å². The van der Waals surface area contributed by atoms with Gasteiger partial charge < -0.3 is 10.1 Å². The van der Waals surface area contributed by atoms with E-state index in [1.807, 2.05) is 6.07 Å². The fourth-order valence-electron chi connectivity index (χ4n) is 2.54. The maximum atomic E-state index is 5.29. The molecule has 0 fully saturated rings. The van der Waals surface area contributed by atoms with E-state index in [9.17, 15) is 0 Å². The SMILES string of the molecule is CCCC(C)(CNCC)Cc1cccc(OC)c1. The molecule has 1 aromatic carbocycles. The highest BCUT2D eigenvalue weighted by molar-refractivity contribution is 5.29. The van der Waals surface area contributed by atoms with E-state index in [0.29, 0.717) is 5.41 Å². The van der Waals surface area contributed by atoms with Gasteiger partial charge in [0.05, 0.1) is 7.11 Å². The molecule has 102 valence electrons. The lowest BCUT2D eigenvalue weighted by Gasteiger charge is -2.30. The number of methoxy groups -OCH3 is 1. The third-order valence-electron chi connectivity index (χ3n) is 3.42. The van der Waals surface area contributed by atoms with Gasteiger partial charge in [0.2, 0.25) is 0 Å². The molecule has 1 rings (SSSR count). The van der Waals surface area contributed by atoms with Crippen LogP contribution in [-0.2, 0) is 6.42 Å². The number of ether oxygens (including phenoxy) is 1. The van der Waals surface area contributed by atoms with Gasteiger partial charge in [-0.25, -0.2) is 0 Å². The second kappa shape index (κ2) is 7.42. The van der Waals surface area contributed by atoms with E-state index in [-0.39, 0.29) is 0 Å². The van der Waals surface area contributed by atoms with Crippen LogP contribution in [0, 0.1) is 5.41 Å². The van der Waals surface area contributed by atoms with Crippen LogP contribution in [-0.4, -0.2) is 20.2 Å². The van der Waals surface area contributed by atoms with Gasteiger partial charge in [0.25, 0.3) is 0 Å². The largest absolute Gasteiger partial charge is 0.497 e. The third-order valence-corrected chi connectivity index (χ3v) is 3.42. The van der Waals surface area contributed by atoms with Crippen LogP contribution in [0.4, 0.5) is 0 Å². The van der Waals surface area contributed by atoms with Crippen LogP contribution in [0.25, 0.3) is 0 Å². The summed E-state index contributed by atoms with van der Waals surface area (Å²) in [5.74, 6) is 0.954. The molecule has 0 heterocycles. The third kappa shape index (κ3) is 4.69. The van der Waals surface area contributed by atoms with Gasteiger partial charge >= 0.3 is 0 Å². The van der Waals surface area contributed by atoms with E-state index in [4.69, 9.17) is 4.74 Å². The molecule has 1 atom stereocenters. The van der Waals surface area contributed by atoms with Gasteiger partial charge in [-0.2, -0.15) is 0 Å². The zero-order valence-electron chi connectivity index (χ0n) is 12.3. The average Bonchev–Trinajstić information content (AvgIpc) is 2.37. The summed E-state index contributed by atoms with van der Waals surface area (Å²) in [6.07, 6.45) is 3.58. The number of hydrogen-bond acceptors (Lipinski definition) is 2. The van der Waals surface area contributed by atoms with Crippen molar-refractivity contribution in [2.45, 2.75) is 40.0 Å². The van der Waals surface area contributed by atoms with Crippen molar-refractivity contribution in [1.82, 2.24) is 5.32 Å². The van der Waals surface area contributed by atoms with E-state index < -0.39 is 0 Å². The molecule has 0 aliphatic carbocycles. The zero-order chi connectivity index (χ0) is 13.4. The molecule has 0 saturated carbocycles. The lowest BCUT2D eigenvalue weighted by Crippen LogP contribution is -2.33. The Hall–Kier alpha value is -1.02. The van der Waals surface area contributed by atoms with Crippen LogP contribution in [0.15, 0.2) is 24.3 Å². The first kappa shape index (κ1) is 15.0. The van der Waals surface area contributed by atoms with Gasteiger partial charge in [-0.3, -0.25) is 0 Å². The first-order chi connectivity index (χ1) is 8.63. The van der Waals surface area contributed by atoms with Gasteiger partial charge in [0.1, 0.15) is 5.75 Å².